The number of benzene rings is 1. The SMILES string of the molecule is CC(c1ccccc1)n1nnnc1N1C[C@@H]2[C@H](C1)[C@H]1CC[C@@H]2O1. The predicted molar refractivity (Wildman–Crippen MR) is 85.2 cm³/mol. The standard InChI is InChI=1S/C17H21N5O/c1-11(12-5-3-2-4-6-12)22-17(18-19-20-22)21-9-13-14(10-21)16-8-7-15(13)23-16/h2-6,11,13-16H,7-10H2,1H3/t11?,13-,14+,15+,16-. The Morgan fingerprint density at radius 3 is 2.48 bits per heavy atom. The summed E-state index contributed by atoms with van der Waals surface area (Å²) in [4.78, 5) is 2.36. The highest BCUT2D eigenvalue weighted by atomic mass is 16.5. The fraction of sp³-hybridized carbons (Fsp3) is 0.588. The first-order valence-corrected chi connectivity index (χ1v) is 8.54. The molecule has 2 aromatic rings. The minimum Gasteiger partial charge on any atom is -0.374 e. The van der Waals surface area contributed by atoms with Crippen LogP contribution in [-0.4, -0.2) is 45.5 Å². The summed E-state index contributed by atoms with van der Waals surface area (Å²) < 4.78 is 8.02. The topological polar surface area (TPSA) is 56.1 Å². The summed E-state index contributed by atoms with van der Waals surface area (Å²) in [6.07, 6.45) is 3.38. The van der Waals surface area contributed by atoms with Gasteiger partial charge in [-0.15, -0.1) is 0 Å². The lowest BCUT2D eigenvalue weighted by Gasteiger charge is -2.22. The summed E-state index contributed by atoms with van der Waals surface area (Å²) in [6.45, 7) is 4.19. The van der Waals surface area contributed by atoms with Crippen molar-refractivity contribution in [2.24, 2.45) is 11.8 Å². The molecule has 0 N–H and O–H groups in total. The van der Waals surface area contributed by atoms with Crippen molar-refractivity contribution >= 4 is 5.95 Å². The van der Waals surface area contributed by atoms with E-state index >= 15 is 0 Å². The van der Waals surface area contributed by atoms with Crippen LogP contribution in [0.3, 0.4) is 0 Å². The zero-order chi connectivity index (χ0) is 15.4. The molecule has 0 spiro atoms. The first kappa shape index (κ1) is 13.5. The Hall–Kier alpha value is -1.95. The first-order valence-electron chi connectivity index (χ1n) is 8.54. The number of anilines is 1. The van der Waals surface area contributed by atoms with Crippen molar-refractivity contribution < 1.29 is 4.74 Å². The molecule has 3 aliphatic rings. The minimum absolute atomic E-state index is 0.134. The molecule has 3 aliphatic heterocycles. The zero-order valence-corrected chi connectivity index (χ0v) is 13.2. The number of hydrogen-bond donors (Lipinski definition) is 0. The van der Waals surface area contributed by atoms with E-state index in [9.17, 15) is 0 Å². The van der Waals surface area contributed by atoms with Crippen LogP contribution in [0.4, 0.5) is 5.95 Å². The van der Waals surface area contributed by atoms with Crippen molar-refractivity contribution in [1.29, 1.82) is 0 Å². The molecule has 2 bridgehead atoms. The van der Waals surface area contributed by atoms with Gasteiger partial charge in [0.1, 0.15) is 0 Å². The van der Waals surface area contributed by atoms with Crippen LogP contribution in [0.5, 0.6) is 0 Å². The summed E-state index contributed by atoms with van der Waals surface area (Å²) in [7, 11) is 0. The molecular weight excluding hydrogens is 290 g/mol. The van der Waals surface area contributed by atoms with Gasteiger partial charge in [-0.25, -0.2) is 4.68 Å². The smallest absolute Gasteiger partial charge is 0.246 e. The lowest BCUT2D eigenvalue weighted by atomic mass is 9.82. The van der Waals surface area contributed by atoms with Crippen molar-refractivity contribution in [2.75, 3.05) is 18.0 Å². The molecule has 1 unspecified atom stereocenters. The molecule has 0 amide bonds. The van der Waals surface area contributed by atoms with E-state index in [0.717, 1.165) is 19.0 Å². The van der Waals surface area contributed by atoms with Gasteiger partial charge in [0.15, 0.2) is 0 Å². The second-order valence-corrected chi connectivity index (χ2v) is 7.03. The number of nitrogens with zero attached hydrogens (tertiary/aromatic N) is 5. The molecule has 3 saturated heterocycles. The number of fused-ring (bicyclic) bond motifs is 5. The Balaban J connectivity index is 1.42. The van der Waals surface area contributed by atoms with Crippen molar-refractivity contribution in [3.05, 3.63) is 35.9 Å². The third-order valence-electron chi connectivity index (χ3n) is 5.86. The average molecular weight is 311 g/mol. The summed E-state index contributed by atoms with van der Waals surface area (Å²) in [6, 6.07) is 10.5. The Morgan fingerprint density at radius 2 is 1.78 bits per heavy atom. The molecule has 0 saturated carbocycles. The molecule has 6 nitrogen and oxygen atoms in total. The summed E-state index contributed by atoms with van der Waals surface area (Å²) >= 11 is 0. The van der Waals surface area contributed by atoms with Crippen LogP contribution in [0, 0.1) is 11.8 Å². The van der Waals surface area contributed by atoms with Crippen molar-refractivity contribution in [2.45, 2.75) is 38.0 Å². The maximum atomic E-state index is 6.07. The van der Waals surface area contributed by atoms with Gasteiger partial charge in [-0.3, -0.25) is 0 Å². The molecule has 1 aromatic carbocycles. The van der Waals surface area contributed by atoms with Gasteiger partial charge in [0.05, 0.1) is 18.2 Å². The molecule has 1 aromatic heterocycles. The van der Waals surface area contributed by atoms with E-state index in [-0.39, 0.29) is 6.04 Å². The minimum atomic E-state index is 0.134. The molecule has 120 valence electrons. The highest BCUT2D eigenvalue weighted by Crippen LogP contribution is 2.47. The zero-order valence-electron chi connectivity index (χ0n) is 13.2. The Labute approximate surface area is 135 Å². The molecular formula is C17H21N5O. The molecule has 0 radical (unpaired) electrons. The lowest BCUT2D eigenvalue weighted by Crippen LogP contribution is -2.28. The number of aromatic nitrogens is 4. The second kappa shape index (κ2) is 5.03. The number of ether oxygens (including phenoxy) is 1. The van der Waals surface area contributed by atoms with E-state index in [0.29, 0.717) is 24.0 Å². The van der Waals surface area contributed by atoms with Crippen LogP contribution < -0.4 is 4.90 Å². The van der Waals surface area contributed by atoms with E-state index < -0.39 is 0 Å². The van der Waals surface area contributed by atoms with Crippen LogP contribution in [-0.2, 0) is 4.74 Å². The molecule has 0 aliphatic carbocycles. The number of rotatable bonds is 3. The average Bonchev–Trinajstić information content (AvgIpc) is 3.34. The van der Waals surface area contributed by atoms with E-state index in [2.05, 4.69) is 51.6 Å². The normalized spacial score (nSPS) is 33.2. The third-order valence-corrected chi connectivity index (χ3v) is 5.86. The second-order valence-electron chi connectivity index (χ2n) is 7.03. The molecule has 3 fully saturated rings. The first-order chi connectivity index (χ1) is 11.3. The van der Waals surface area contributed by atoms with Gasteiger partial charge >= 0.3 is 0 Å². The molecule has 6 heteroatoms. The van der Waals surface area contributed by atoms with Crippen molar-refractivity contribution in [1.82, 2.24) is 20.2 Å². The van der Waals surface area contributed by atoms with E-state index in [1.807, 2.05) is 10.7 Å². The molecule has 23 heavy (non-hydrogen) atoms. The van der Waals surface area contributed by atoms with Gasteiger partial charge in [-0.2, -0.15) is 0 Å². The van der Waals surface area contributed by atoms with Gasteiger partial charge in [0, 0.05) is 24.9 Å². The van der Waals surface area contributed by atoms with E-state index in [1.165, 1.54) is 18.4 Å². The van der Waals surface area contributed by atoms with E-state index in [4.69, 9.17) is 4.74 Å². The van der Waals surface area contributed by atoms with Gasteiger partial charge in [-0.05, 0) is 35.8 Å². The van der Waals surface area contributed by atoms with Crippen LogP contribution in [0.1, 0.15) is 31.4 Å². The highest BCUT2D eigenvalue weighted by molar-refractivity contribution is 5.35. The maximum Gasteiger partial charge on any atom is 0.246 e. The van der Waals surface area contributed by atoms with Crippen LogP contribution in [0.25, 0.3) is 0 Å². The number of hydrogen-bond acceptors (Lipinski definition) is 5. The van der Waals surface area contributed by atoms with Crippen LogP contribution in [0.2, 0.25) is 0 Å². The van der Waals surface area contributed by atoms with Gasteiger partial charge in [0.2, 0.25) is 5.95 Å². The monoisotopic (exact) mass is 311 g/mol. The Morgan fingerprint density at radius 1 is 1.09 bits per heavy atom. The Bertz CT molecular complexity index is 684. The lowest BCUT2D eigenvalue weighted by molar-refractivity contribution is 0.0848. The van der Waals surface area contributed by atoms with Crippen LogP contribution >= 0.6 is 0 Å². The van der Waals surface area contributed by atoms with Crippen molar-refractivity contribution in [3.8, 4) is 0 Å². The fourth-order valence-corrected chi connectivity index (χ4v) is 4.64. The molecule has 5 atom stereocenters. The number of tetrazole rings is 1. The Kier molecular flexibility index (Phi) is 2.95. The van der Waals surface area contributed by atoms with Crippen molar-refractivity contribution in [3.63, 3.8) is 0 Å². The predicted octanol–water partition coefficient (Wildman–Crippen LogP) is 1.90. The van der Waals surface area contributed by atoms with Gasteiger partial charge in [-0.1, -0.05) is 35.4 Å². The largest absolute Gasteiger partial charge is 0.374 e. The molecule has 4 heterocycles. The van der Waals surface area contributed by atoms with Gasteiger partial charge < -0.3 is 9.64 Å². The summed E-state index contributed by atoms with van der Waals surface area (Å²) in [5.41, 5.74) is 1.23. The maximum absolute atomic E-state index is 6.07. The molecule has 5 rings (SSSR count). The quantitative estimate of drug-likeness (QED) is 0.866. The highest BCUT2D eigenvalue weighted by Gasteiger charge is 2.53. The third kappa shape index (κ3) is 2.01. The van der Waals surface area contributed by atoms with E-state index in [1.54, 1.807) is 0 Å². The summed E-state index contributed by atoms with van der Waals surface area (Å²) in [5, 5.41) is 12.5. The fourth-order valence-electron chi connectivity index (χ4n) is 4.64. The summed E-state index contributed by atoms with van der Waals surface area (Å²) in [5.74, 6) is 2.21. The van der Waals surface area contributed by atoms with Crippen LogP contribution in [0.15, 0.2) is 30.3 Å². The van der Waals surface area contributed by atoms with Gasteiger partial charge in [0.25, 0.3) is 0 Å².